The van der Waals surface area contributed by atoms with E-state index in [2.05, 4.69) is 14.5 Å². The quantitative estimate of drug-likeness (QED) is 0.168. The first-order valence-electron chi connectivity index (χ1n) is 10.7. The molecule has 1 aromatic carbocycles. The number of ketones is 1. The maximum atomic E-state index is 12.5. The number of aliphatic hydroxyl groups excluding tert-OH is 1. The van der Waals surface area contributed by atoms with E-state index < -0.39 is 32.9 Å². The van der Waals surface area contributed by atoms with Gasteiger partial charge in [-0.1, -0.05) is 42.1 Å². The minimum Gasteiger partial charge on any atom is -0.390 e. The highest BCUT2D eigenvalue weighted by Crippen LogP contribution is 2.39. The van der Waals surface area contributed by atoms with Crippen molar-refractivity contribution in [2.24, 2.45) is 0 Å². The van der Waals surface area contributed by atoms with Crippen LogP contribution in [0.1, 0.15) is 18.2 Å². The van der Waals surface area contributed by atoms with E-state index >= 15 is 0 Å². The van der Waals surface area contributed by atoms with E-state index in [0.717, 1.165) is 5.56 Å². The van der Waals surface area contributed by atoms with E-state index in [9.17, 15) is 14.5 Å². The lowest BCUT2D eigenvalue weighted by molar-refractivity contribution is -0.116. The number of carbonyl (C=O) groups is 1. The summed E-state index contributed by atoms with van der Waals surface area (Å²) in [6.07, 6.45) is 2.76. The van der Waals surface area contributed by atoms with Crippen LogP contribution in [-0.4, -0.2) is 69.2 Å². The zero-order chi connectivity index (χ0) is 24.6. The maximum absolute atomic E-state index is 12.5. The van der Waals surface area contributed by atoms with E-state index in [-0.39, 0.29) is 18.0 Å². The van der Waals surface area contributed by atoms with Crippen molar-refractivity contribution in [3.05, 3.63) is 54.6 Å². The smallest absolute Gasteiger partial charge is 0.390 e. The van der Waals surface area contributed by atoms with E-state index in [0.29, 0.717) is 28.4 Å². The summed E-state index contributed by atoms with van der Waals surface area (Å²) < 4.78 is 24.7. The molecular weight excluding hydrogens is 497 g/mol. The van der Waals surface area contributed by atoms with E-state index in [1.807, 2.05) is 30.3 Å². The number of phosphoric acid groups is 1. The SMILES string of the molecule is O=C(CSc1nc2c(ncn2[C@H]2C[C@H](O)[C@@H](COP(=O)(O)O)O2)c2nccn12)Cc1ccccc1. The second-order valence-corrected chi connectivity index (χ2v) is 10.2. The summed E-state index contributed by atoms with van der Waals surface area (Å²) in [4.78, 5) is 43.9. The molecule has 184 valence electrons. The second-order valence-electron chi connectivity index (χ2n) is 8.05. The molecule has 12 nitrogen and oxygen atoms in total. The number of Topliss-reactive ketones (excluding diaryl/α,β-unsaturated/α-hetero) is 1. The standard InChI is InChI=1S/C21H22N5O7PS/c27-14(8-13-4-2-1-3-5-13)11-35-21-24-20-18(19-22-6-7-25(19)21)23-12-26(20)17-9-15(28)16(33-17)10-32-34(29,30)31/h1-7,12,15-17,28H,8-11H2,(H2,29,30,31)/t15-,16+,17+/m0/s1. The van der Waals surface area contributed by atoms with Gasteiger partial charge in [0.1, 0.15) is 18.1 Å². The fourth-order valence-corrected chi connectivity index (χ4v) is 5.11. The number of phosphoric ester groups is 1. The minimum atomic E-state index is -4.69. The second kappa shape index (κ2) is 9.78. The predicted octanol–water partition coefficient (Wildman–Crippen LogP) is 1.74. The van der Waals surface area contributed by atoms with Gasteiger partial charge in [-0.3, -0.25) is 18.3 Å². The molecule has 3 N–H and O–H groups in total. The van der Waals surface area contributed by atoms with Gasteiger partial charge >= 0.3 is 7.82 Å². The summed E-state index contributed by atoms with van der Waals surface area (Å²) >= 11 is 1.29. The third-order valence-corrected chi connectivity index (χ3v) is 7.05. The summed E-state index contributed by atoms with van der Waals surface area (Å²) in [5.74, 6) is 0.273. The number of ether oxygens (including phenoxy) is 1. The van der Waals surface area contributed by atoms with Crippen LogP contribution in [0.15, 0.2) is 54.2 Å². The van der Waals surface area contributed by atoms with Crippen molar-refractivity contribution in [3.8, 4) is 0 Å². The Labute approximate surface area is 203 Å². The maximum Gasteiger partial charge on any atom is 0.469 e. The van der Waals surface area contributed by atoms with E-state index in [1.165, 1.54) is 18.1 Å². The molecule has 4 heterocycles. The highest BCUT2D eigenvalue weighted by molar-refractivity contribution is 7.99. The van der Waals surface area contributed by atoms with Crippen LogP contribution < -0.4 is 0 Å². The van der Waals surface area contributed by atoms with Gasteiger partial charge in [0.2, 0.25) is 0 Å². The average molecular weight is 519 g/mol. The lowest BCUT2D eigenvalue weighted by Crippen LogP contribution is -2.25. The number of rotatable bonds is 9. The minimum absolute atomic E-state index is 0.0556. The first kappa shape index (κ1) is 24.1. The summed E-state index contributed by atoms with van der Waals surface area (Å²) in [6.45, 7) is -0.461. The number of carbonyl (C=O) groups excluding carboxylic acids is 1. The Balaban J connectivity index is 1.37. The van der Waals surface area contributed by atoms with Crippen molar-refractivity contribution in [2.45, 2.75) is 36.4 Å². The van der Waals surface area contributed by atoms with Crippen molar-refractivity contribution in [2.75, 3.05) is 12.4 Å². The fraction of sp³-hybridized carbons (Fsp3) is 0.333. The number of nitrogens with zero attached hydrogens (tertiary/aromatic N) is 5. The number of benzene rings is 1. The third kappa shape index (κ3) is 5.31. The van der Waals surface area contributed by atoms with Crippen molar-refractivity contribution < 1.29 is 33.5 Å². The molecule has 1 saturated heterocycles. The molecule has 0 saturated carbocycles. The Morgan fingerprint density at radius 3 is 2.80 bits per heavy atom. The molecule has 4 aromatic rings. The number of hydrogen-bond acceptors (Lipinski definition) is 9. The molecule has 0 unspecified atom stereocenters. The lowest BCUT2D eigenvalue weighted by atomic mass is 10.1. The zero-order valence-electron chi connectivity index (χ0n) is 18.2. The molecule has 1 aliphatic heterocycles. The molecule has 3 aromatic heterocycles. The molecule has 14 heteroatoms. The van der Waals surface area contributed by atoms with Crippen molar-refractivity contribution >= 4 is 42.2 Å². The van der Waals surface area contributed by atoms with Crippen LogP contribution in [-0.2, 0) is 25.0 Å². The summed E-state index contributed by atoms with van der Waals surface area (Å²) in [5.41, 5.74) is 2.48. The van der Waals surface area contributed by atoms with Crippen LogP contribution in [0.25, 0.3) is 16.8 Å². The van der Waals surface area contributed by atoms with Gasteiger partial charge in [0, 0.05) is 25.2 Å². The summed E-state index contributed by atoms with van der Waals surface area (Å²) in [7, 11) is -4.69. The van der Waals surface area contributed by atoms with Gasteiger partial charge in [0.05, 0.1) is 24.8 Å². The number of aliphatic hydroxyl groups is 1. The number of thioether (sulfide) groups is 1. The normalized spacial score (nSPS) is 20.7. The monoisotopic (exact) mass is 519 g/mol. The Kier molecular flexibility index (Phi) is 6.73. The van der Waals surface area contributed by atoms with E-state index in [4.69, 9.17) is 19.5 Å². The van der Waals surface area contributed by atoms with Gasteiger partial charge in [-0.2, -0.15) is 0 Å². The molecular formula is C21H22N5O7PS. The highest BCUT2D eigenvalue weighted by Gasteiger charge is 2.37. The molecule has 0 aliphatic carbocycles. The Morgan fingerprint density at radius 2 is 2.03 bits per heavy atom. The predicted molar refractivity (Wildman–Crippen MR) is 125 cm³/mol. The van der Waals surface area contributed by atoms with Gasteiger partial charge in [0.15, 0.2) is 22.0 Å². The Morgan fingerprint density at radius 1 is 1.23 bits per heavy atom. The van der Waals surface area contributed by atoms with Gasteiger partial charge in [-0.05, 0) is 5.56 Å². The third-order valence-electron chi connectivity index (χ3n) is 5.56. The number of aromatic nitrogens is 5. The zero-order valence-corrected chi connectivity index (χ0v) is 20.0. The van der Waals surface area contributed by atoms with E-state index in [1.54, 1.807) is 21.4 Å². The fourth-order valence-electron chi connectivity index (χ4n) is 3.94. The molecule has 5 rings (SSSR count). The van der Waals surface area contributed by atoms with Crippen LogP contribution in [0.2, 0.25) is 0 Å². The van der Waals surface area contributed by atoms with Crippen molar-refractivity contribution in [3.63, 3.8) is 0 Å². The number of hydrogen-bond donors (Lipinski definition) is 3. The van der Waals surface area contributed by atoms with Crippen molar-refractivity contribution in [1.82, 2.24) is 23.9 Å². The van der Waals surface area contributed by atoms with Gasteiger partial charge in [-0.15, -0.1) is 0 Å². The topological polar surface area (TPSA) is 161 Å². The molecule has 1 fully saturated rings. The summed E-state index contributed by atoms with van der Waals surface area (Å²) in [5, 5.41) is 10.9. The van der Waals surface area contributed by atoms with Gasteiger partial charge < -0.3 is 19.6 Å². The van der Waals surface area contributed by atoms with Crippen LogP contribution >= 0.6 is 19.6 Å². The van der Waals surface area contributed by atoms with Crippen LogP contribution in [0.3, 0.4) is 0 Å². The number of fused-ring (bicyclic) bond motifs is 3. The van der Waals surface area contributed by atoms with Crippen molar-refractivity contribution in [1.29, 1.82) is 0 Å². The highest BCUT2D eigenvalue weighted by atomic mass is 32.2. The van der Waals surface area contributed by atoms with Crippen LogP contribution in [0, 0.1) is 0 Å². The first-order chi connectivity index (χ1) is 16.8. The van der Waals surface area contributed by atoms with Crippen LogP contribution in [0.4, 0.5) is 0 Å². The largest absolute Gasteiger partial charge is 0.469 e. The first-order valence-corrected chi connectivity index (χ1v) is 13.2. The molecule has 0 amide bonds. The molecule has 3 atom stereocenters. The molecule has 0 radical (unpaired) electrons. The molecule has 0 bridgehead atoms. The van der Waals surface area contributed by atoms with Crippen LogP contribution in [0.5, 0.6) is 0 Å². The average Bonchev–Trinajstić information content (AvgIpc) is 3.54. The molecule has 1 aliphatic rings. The Hall–Kier alpha value is -2.64. The molecule has 0 spiro atoms. The van der Waals surface area contributed by atoms with Gasteiger partial charge in [0.25, 0.3) is 0 Å². The van der Waals surface area contributed by atoms with Gasteiger partial charge in [-0.25, -0.2) is 19.5 Å². The summed E-state index contributed by atoms with van der Waals surface area (Å²) in [6, 6.07) is 9.51. The Bertz CT molecular complexity index is 1410. The number of imidazole rings is 2. The lowest BCUT2D eigenvalue weighted by Gasteiger charge is -2.16. The molecule has 35 heavy (non-hydrogen) atoms.